The summed E-state index contributed by atoms with van der Waals surface area (Å²) in [5.74, 6) is -0.444. The Kier molecular flexibility index (Phi) is 6.01. The number of hydrogen-bond donors (Lipinski definition) is 0. The highest BCUT2D eigenvalue weighted by Gasteiger charge is 2.30. The molecule has 0 fully saturated rings. The highest BCUT2D eigenvalue weighted by atomic mass is 19.4. The topological polar surface area (TPSA) is 29.5 Å². The summed E-state index contributed by atoms with van der Waals surface area (Å²) >= 11 is 0. The first-order valence-corrected chi connectivity index (χ1v) is 6.34. The Bertz CT molecular complexity index is 420. The molecule has 0 radical (unpaired) electrons. The number of alkyl halides is 3. The molecule has 1 rings (SSSR count). The van der Waals surface area contributed by atoms with E-state index >= 15 is 0 Å². The number of carbonyl (C=O) groups excluding carboxylic acids is 1. The van der Waals surface area contributed by atoms with Gasteiger partial charge in [-0.2, -0.15) is 13.2 Å². The summed E-state index contributed by atoms with van der Waals surface area (Å²) in [6, 6.07) is 9.26. The largest absolute Gasteiger partial charge is 0.411 e. The second kappa shape index (κ2) is 7.28. The van der Waals surface area contributed by atoms with Crippen LogP contribution in [0.4, 0.5) is 13.2 Å². The van der Waals surface area contributed by atoms with Crippen LogP contribution in [0, 0.1) is 0 Å². The van der Waals surface area contributed by atoms with Gasteiger partial charge in [-0.25, -0.2) is 0 Å². The van der Waals surface area contributed by atoms with Gasteiger partial charge in [-0.3, -0.25) is 4.79 Å². The van der Waals surface area contributed by atoms with Crippen LogP contribution in [0.15, 0.2) is 30.3 Å². The molecule has 1 aromatic rings. The van der Waals surface area contributed by atoms with Gasteiger partial charge < -0.3 is 9.64 Å². The van der Waals surface area contributed by atoms with E-state index in [0.717, 1.165) is 5.56 Å². The van der Waals surface area contributed by atoms with E-state index in [1.54, 1.807) is 6.92 Å². The molecular formula is C14H18F3NO2. The zero-order valence-electron chi connectivity index (χ0n) is 11.5. The first-order chi connectivity index (χ1) is 9.33. The average molecular weight is 289 g/mol. The van der Waals surface area contributed by atoms with Crippen molar-refractivity contribution in [3.8, 4) is 0 Å². The summed E-state index contributed by atoms with van der Waals surface area (Å²) in [6.07, 6.45) is -5.54. The zero-order chi connectivity index (χ0) is 15.2. The summed E-state index contributed by atoms with van der Waals surface area (Å²) in [5.41, 5.74) is 0.922. The van der Waals surface area contributed by atoms with Crippen LogP contribution >= 0.6 is 0 Å². The predicted octanol–water partition coefficient (Wildman–Crippen LogP) is 3.00. The Hall–Kier alpha value is -1.56. The maximum Gasteiger partial charge on any atom is 0.411 e. The highest BCUT2D eigenvalue weighted by molar-refractivity contribution is 5.80. The van der Waals surface area contributed by atoms with E-state index in [4.69, 9.17) is 0 Å². The second-order valence-corrected chi connectivity index (χ2v) is 4.41. The maximum absolute atomic E-state index is 12.1. The van der Waals surface area contributed by atoms with E-state index in [2.05, 4.69) is 4.74 Å². The average Bonchev–Trinajstić information content (AvgIpc) is 2.41. The van der Waals surface area contributed by atoms with Gasteiger partial charge in [0.1, 0.15) is 12.7 Å². The van der Waals surface area contributed by atoms with Gasteiger partial charge in [-0.15, -0.1) is 0 Å². The lowest BCUT2D eigenvalue weighted by Crippen LogP contribution is -2.39. The van der Waals surface area contributed by atoms with Crippen LogP contribution in [0.1, 0.15) is 19.4 Å². The van der Waals surface area contributed by atoms with Gasteiger partial charge in [0.25, 0.3) is 5.91 Å². The van der Waals surface area contributed by atoms with Crippen LogP contribution in [0.5, 0.6) is 0 Å². The summed E-state index contributed by atoms with van der Waals surface area (Å²) in [6.45, 7) is 2.46. The van der Waals surface area contributed by atoms with Gasteiger partial charge in [0.05, 0.1) is 0 Å². The van der Waals surface area contributed by atoms with Crippen molar-refractivity contribution in [2.75, 3.05) is 13.2 Å². The first kappa shape index (κ1) is 16.5. The SMILES string of the molecule is CCN(Cc1ccccc1)C(=O)C(C)OCC(F)(F)F. The highest BCUT2D eigenvalue weighted by Crippen LogP contribution is 2.16. The minimum absolute atomic E-state index is 0.357. The van der Waals surface area contributed by atoms with E-state index in [0.29, 0.717) is 13.1 Å². The molecule has 0 aliphatic rings. The van der Waals surface area contributed by atoms with Crippen molar-refractivity contribution in [2.45, 2.75) is 32.7 Å². The lowest BCUT2D eigenvalue weighted by molar-refractivity contribution is -0.188. The molecule has 1 amide bonds. The molecule has 0 heterocycles. The fourth-order valence-electron chi connectivity index (χ4n) is 1.70. The lowest BCUT2D eigenvalue weighted by atomic mass is 10.2. The number of likely N-dealkylation sites (N-methyl/N-ethyl adjacent to an activating group) is 1. The maximum atomic E-state index is 12.1. The van der Waals surface area contributed by atoms with E-state index < -0.39 is 24.8 Å². The summed E-state index contributed by atoms with van der Waals surface area (Å²) in [7, 11) is 0. The molecule has 0 aromatic heterocycles. The molecule has 1 atom stereocenters. The van der Waals surface area contributed by atoms with Gasteiger partial charge >= 0.3 is 6.18 Å². The standard InChI is InChI=1S/C14H18F3NO2/c1-3-18(9-12-7-5-4-6-8-12)13(19)11(2)20-10-14(15,16)17/h4-8,11H,3,9-10H2,1-2H3. The van der Waals surface area contributed by atoms with Crippen LogP contribution in [-0.2, 0) is 16.1 Å². The molecule has 0 aliphatic heterocycles. The van der Waals surface area contributed by atoms with Crippen LogP contribution in [-0.4, -0.2) is 36.2 Å². The number of ether oxygens (including phenoxy) is 1. The van der Waals surface area contributed by atoms with Gasteiger partial charge in [0, 0.05) is 13.1 Å². The molecule has 0 saturated heterocycles. The van der Waals surface area contributed by atoms with Gasteiger partial charge in [-0.05, 0) is 19.4 Å². The normalized spacial score (nSPS) is 13.1. The number of hydrogen-bond acceptors (Lipinski definition) is 2. The lowest BCUT2D eigenvalue weighted by Gasteiger charge is -2.25. The fourth-order valence-corrected chi connectivity index (χ4v) is 1.70. The fraction of sp³-hybridized carbons (Fsp3) is 0.500. The Morgan fingerprint density at radius 2 is 1.90 bits per heavy atom. The third kappa shape index (κ3) is 5.61. The molecule has 0 bridgehead atoms. The Labute approximate surface area is 116 Å². The number of halogens is 3. The van der Waals surface area contributed by atoms with Gasteiger partial charge in [-0.1, -0.05) is 30.3 Å². The van der Waals surface area contributed by atoms with E-state index in [9.17, 15) is 18.0 Å². The zero-order valence-corrected chi connectivity index (χ0v) is 11.5. The van der Waals surface area contributed by atoms with Crippen molar-refractivity contribution in [3.63, 3.8) is 0 Å². The molecule has 0 spiro atoms. The summed E-state index contributed by atoms with van der Waals surface area (Å²) in [4.78, 5) is 13.5. The quantitative estimate of drug-likeness (QED) is 0.805. The Balaban J connectivity index is 2.58. The van der Waals surface area contributed by atoms with E-state index in [1.807, 2.05) is 30.3 Å². The molecule has 112 valence electrons. The third-order valence-electron chi connectivity index (χ3n) is 2.75. The summed E-state index contributed by atoms with van der Waals surface area (Å²) < 4.78 is 40.8. The van der Waals surface area contributed by atoms with Crippen LogP contribution in [0.3, 0.4) is 0 Å². The number of rotatable bonds is 6. The first-order valence-electron chi connectivity index (χ1n) is 6.34. The van der Waals surface area contributed by atoms with Crippen LogP contribution in [0.25, 0.3) is 0 Å². The number of amides is 1. The predicted molar refractivity (Wildman–Crippen MR) is 69.0 cm³/mol. The van der Waals surface area contributed by atoms with Crippen molar-refractivity contribution >= 4 is 5.91 Å². The van der Waals surface area contributed by atoms with Crippen molar-refractivity contribution in [2.24, 2.45) is 0 Å². The molecule has 20 heavy (non-hydrogen) atoms. The molecule has 3 nitrogen and oxygen atoms in total. The smallest absolute Gasteiger partial charge is 0.359 e. The number of nitrogens with zero attached hydrogens (tertiary/aromatic N) is 1. The molecule has 6 heteroatoms. The van der Waals surface area contributed by atoms with E-state index in [-0.39, 0.29) is 0 Å². The van der Waals surface area contributed by atoms with Crippen LogP contribution < -0.4 is 0 Å². The van der Waals surface area contributed by atoms with Crippen LogP contribution in [0.2, 0.25) is 0 Å². The van der Waals surface area contributed by atoms with Crippen molar-refractivity contribution in [3.05, 3.63) is 35.9 Å². The second-order valence-electron chi connectivity index (χ2n) is 4.41. The third-order valence-corrected chi connectivity index (χ3v) is 2.75. The minimum atomic E-state index is -4.43. The molecule has 0 saturated carbocycles. The Morgan fingerprint density at radius 1 is 1.30 bits per heavy atom. The molecule has 1 unspecified atom stereocenters. The molecule has 1 aromatic carbocycles. The molecular weight excluding hydrogens is 271 g/mol. The van der Waals surface area contributed by atoms with Crippen molar-refractivity contribution < 1.29 is 22.7 Å². The van der Waals surface area contributed by atoms with Crippen molar-refractivity contribution in [1.29, 1.82) is 0 Å². The number of carbonyl (C=O) groups is 1. The Morgan fingerprint density at radius 3 is 2.40 bits per heavy atom. The summed E-state index contributed by atoms with van der Waals surface area (Å²) in [5, 5.41) is 0. The molecule has 0 aliphatic carbocycles. The van der Waals surface area contributed by atoms with E-state index in [1.165, 1.54) is 11.8 Å². The van der Waals surface area contributed by atoms with Crippen molar-refractivity contribution in [1.82, 2.24) is 4.90 Å². The monoisotopic (exact) mass is 289 g/mol. The van der Waals surface area contributed by atoms with Gasteiger partial charge in [0.15, 0.2) is 0 Å². The minimum Gasteiger partial charge on any atom is -0.359 e. The molecule has 0 N–H and O–H groups in total. The number of benzene rings is 1. The van der Waals surface area contributed by atoms with Gasteiger partial charge in [0.2, 0.25) is 0 Å².